The van der Waals surface area contributed by atoms with Crippen LogP contribution in [0.5, 0.6) is 0 Å². The summed E-state index contributed by atoms with van der Waals surface area (Å²) in [5, 5.41) is 12.9. The number of benzene rings is 2. The van der Waals surface area contributed by atoms with Gasteiger partial charge in [0, 0.05) is 26.7 Å². The van der Waals surface area contributed by atoms with Crippen molar-refractivity contribution in [1.82, 2.24) is 0 Å². The number of thiophene rings is 1. The van der Waals surface area contributed by atoms with E-state index in [1.807, 2.05) is 19.9 Å². The Labute approximate surface area is 189 Å². The topological polar surface area (TPSA) is 57.6 Å². The SMILES string of the molecule is Cc1cc(/C(O)=C2/C(=O)C(=O)N(c3ccc(F)c(F)c3)C2c2sccc2C)ccc1Br. The Hall–Kier alpha value is -2.84. The molecule has 1 N–H and O–H groups in total. The lowest BCUT2D eigenvalue weighted by Crippen LogP contribution is -2.29. The van der Waals surface area contributed by atoms with Crippen molar-refractivity contribution in [2.75, 3.05) is 4.90 Å². The van der Waals surface area contributed by atoms with Crippen LogP contribution in [0.25, 0.3) is 5.76 Å². The summed E-state index contributed by atoms with van der Waals surface area (Å²) in [4.78, 5) is 27.8. The molecule has 1 amide bonds. The lowest BCUT2D eigenvalue weighted by Gasteiger charge is -2.25. The summed E-state index contributed by atoms with van der Waals surface area (Å²) in [5.74, 6) is -4.32. The number of rotatable bonds is 3. The standard InChI is InChI=1S/C23H16BrF2NO3S/c1-11-7-8-31-22(11)19-18(20(28)13-3-5-15(24)12(2)9-13)21(29)23(30)27(19)14-4-6-16(25)17(26)10-14/h3-10,19,28H,1-2H3/b20-18-. The number of hydrogen-bond acceptors (Lipinski definition) is 4. The lowest BCUT2D eigenvalue weighted by atomic mass is 9.97. The molecule has 31 heavy (non-hydrogen) atoms. The van der Waals surface area contributed by atoms with Gasteiger partial charge in [-0.25, -0.2) is 8.78 Å². The normalized spacial score (nSPS) is 18.1. The van der Waals surface area contributed by atoms with Gasteiger partial charge in [0.2, 0.25) is 0 Å². The molecule has 0 radical (unpaired) electrons. The molecule has 2 heterocycles. The van der Waals surface area contributed by atoms with E-state index in [0.29, 0.717) is 10.4 Å². The van der Waals surface area contributed by atoms with Crippen molar-refractivity contribution in [3.05, 3.63) is 91.1 Å². The highest BCUT2D eigenvalue weighted by molar-refractivity contribution is 9.10. The van der Waals surface area contributed by atoms with Crippen LogP contribution in [0.4, 0.5) is 14.5 Å². The van der Waals surface area contributed by atoms with Gasteiger partial charge in [-0.05, 0) is 60.7 Å². The predicted octanol–water partition coefficient (Wildman–Crippen LogP) is 6.03. The van der Waals surface area contributed by atoms with Gasteiger partial charge in [0.25, 0.3) is 11.7 Å². The molecule has 1 atom stereocenters. The van der Waals surface area contributed by atoms with Crippen molar-refractivity contribution >= 4 is 50.4 Å². The molecule has 1 aliphatic rings. The zero-order chi connectivity index (χ0) is 22.4. The quantitative estimate of drug-likeness (QED) is 0.269. The number of anilines is 1. The third-order valence-electron chi connectivity index (χ3n) is 5.21. The molecular weight excluding hydrogens is 488 g/mol. The van der Waals surface area contributed by atoms with E-state index in [1.165, 1.54) is 17.4 Å². The minimum absolute atomic E-state index is 0.0323. The summed E-state index contributed by atoms with van der Waals surface area (Å²) in [7, 11) is 0. The molecule has 0 saturated carbocycles. The molecule has 1 saturated heterocycles. The van der Waals surface area contributed by atoms with E-state index in [9.17, 15) is 23.5 Å². The number of aliphatic hydroxyl groups excluding tert-OH is 1. The molecule has 1 fully saturated rings. The number of aryl methyl sites for hydroxylation is 2. The first-order chi connectivity index (χ1) is 14.7. The van der Waals surface area contributed by atoms with Crippen LogP contribution in [-0.4, -0.2) is 16.8 Å². The maximum Gasteiger partial charge on any atom is 0.300 e. The van der Waals surface area contributed by atoms with Gasteiger partial charge < -0.3 is 5.11 Å². The Morgan fingerprint density at radius 2 is 1.77 bits per heavy atom. The van der Waals surface area contributed by atoms with Crippen LogP contribution < -0.4 is 4.90 Å². The van der Waals surface area contributed by atoms with Crippen LogP contribution in [0.2, 0.25) is 0 Å². The molecule has 1 aliphatic heterocycles. The van der Waals surface area contributed by atoms with Crippen LogP contribution in [0.3, 0.4) is 0 Å². The number of halogens is 3. The molecule has 0 bridgehead atoms. The average molecular weight is 504 g/mol. The molecule has 4 nitrogen and oxygen atoms in total. The molecule has 4 rings (SSSR count). The van der Waals surface area contributed by atoms with Gasteiger partial charge >= 0.3 is 0 Å². The first-order valence-electron chi connectivity index (χ1n) is 9.27. The summed E-state index contributed by atoms with van der Waals surface area (Å²) >= 11 is 4.71. The number of hydrogen-bond donors (Lipinski definition) is 1. The van der Waals surface area contributed by atoms with Crippen LogP contribution in [0, 0.1) is 25.5 Å². The lowest BCUT2D eigenvalue weighted by molar-refractivity contribution is -0.132. The molecule has 0 spiro atoms. The van der Waals surface area contributed by atoms with E-state index < -0.39 is 29.4 Å². The van der Waals surface area contributed by atoms with Gasteiger partial charge in [0.15, 0.2) is 11.6 Å². The maximum absolute atomic E-state index is 13.9. The number of carbonyl (C=O) groups excluding carboxylic acids is 2. The van der Waals surface area contributed by atoms with Gasteiger partial charge in [-0.2, -0.15) is 0 Å². The minimum Gasteiger partial charge on any atom is -0.507 e. The van der Waals surface area contributed by atoms with Gasteiger partial charge in [-0.1, -0.05) is 22.0 Å². The third-order valence-corrected chi connectivity index (χ3v) is 7.17. The van der Waals surface area contributed by atoms with E-state index in [4.69, 9.17) is 0 Å². The summed E-state index contributed by atoms with van der Waals surface area (Å²) in [6.45, 7) is 3.66. The molecule has 1 unspecified atom stereocenters. The molecular formula is C23H16BrF2NO3S. The first-order valence-corrected chi connectivity index (χ1v) is 10.9. The van der Waals surface area contributed by atoms with Gasteiger partial charge in [-0.3, -0.25) is 14.5 Å². The number of nitrogens with zero attached hydrogens (tertiary/aromatic N) is 1. The minimum atomic E-state index is -1.13. The van der Waals surface area contributed by atoms with Crippen molar-refractivity contribution in [3.8, 4) is 0 Å². The van der Waals surface area contributed by atoms with E-state index in [-0.39, 0.29) is 17.0 Å². The third kappa shape index (κ3) is 3.59. The highest BCUT2D eigenvalue weighted by Crippen LogP contribution is 2.45. The number of aliphatic hydroxyl groups is 1. The van der Waals surface area contributed by atoms with E-state index >= 15 is 0 Å². The van der Waals surface area contributed by atoms with Crippen LogP contribution in [0.1, 0.15) is 27.6 Å². The molecule has 2 aromatic carbocycles. The summed E-state index contributed by atoms with van der Waals surface area (Å²) in [6, 6.07) is 8.95. The molecule has 8 heteroatoms. The zero-order valence-corrected chi connectivity index (χ0v) is 18.9. The number of ketones is 1. The van der Waals surface area contributed by atoms with Crippen LogP contribution in [-0.2, 0) is 9.59 Å². The smallest absolute Gasteiger partial charge is 0.300 e. The summed E-state index contributed by atoms with van der Waals surface area (Å²) in [5.41, 5.74) is 1.96. The largest absolute Gasteiger partial charge is 0.507 e. The van der Waals surface area contributed by atoms with Crippen molar-refractivity contribution in [3.63, 3.8) is 0 Å². The summed E-state index contributed by atoms with van der Waals surface area (Å²) in [6.07, 6.45) is 0. The molecule has 158 valence electrons. The Kier molecular flexibility index (Phi) is 5.53. The van der Waals surface area contributed by atoms with E-state index in [1.54, 1.807) is 23.6 Å². The Morgan fingerprint density at radius 1 is 1.03 bits per heavy atom. The fraction of sp³-hybridized carbons (Fsp3) is 0.130. The van der Waals surface area contributed by atoms with Gasteiger partial charge in [0.05, 0.1) is 5.57 Å². The Balaban J connectivity index is 1.96. The van der Waals surface area contributed by atoms with Crippen molar-refractivity contribution < 1.29 is 23.5 Å². The second kappa shape index (κ2) is 8.01. The van der Waals surface area contributed by atoms with Crippen LogP contribution >= 0.6 is 27.3 Å². The monoisotopic (exact) mass is 503 g/mol. The number of carbonyl (C=O) groups is 2. The number of amides is 1. The fourth-order valence-corrected chi connectivity index (χ4v) is 4.87. The van der Waals surface area contributed by atoms with E-state index in [2.05, 4.69) is 15.9 Å². The van der Waals surface area contributed by atoms with Crippen molar-refractivity contribution in [2.45, 2.75) is 19.9 Å². The first kappa shape index (κ1) is 21.4. The molecule has 0 aliphatic carbocycles. The van der Waals surface area contributed by atoms with Gasteiger partial charge in [0.1, 0.15) is 11.8 Å². The fourth-order valence-electron chi connectivity index (χ4n) is 3.59. The van der Waals surface area contributed by atoms with Gasteiger partial charge in [-0.15, -0.1) is 11.3 Å². The van der Waals surface area contributed by atoms with Crippen LogP contribution in [0.15, 0.2) is 57.9 Å². The number of Topliss-reactive ketones (excluding diaryl/α,β-unsaturated/α-hetero) is 1. The summed E-state index contributed by atoms with van der Waals surface area (Å²) < 4.78 is 28.3. The second-order valence-electron chi connectivity index (χ2n) is 7.20. The molecule has 1 aromatic heterocycles. The van der Waals surface area contributed by atoms with E-state index in [0.717, 1.165) is 32.6 Å². The second-order valence-corrected chi connectivity index (χ2v) is 9.00. The van der Waals surface area contributed by atoms with Crippen molar-refractivity contribution in [2.24, 2.45) is 0 Å². The maximum atomic E-state index is 13.9. The Morgan fingerprint density at radius 3 is 2.39 bits per heavy atom. The predicted molar refractivity (Wildman–Crippen MR) is 119 cm³/mol. The Bertz CT molecular complexity index is 1270. The average Bonchev–Trinajstić information content (AvgIpc) is 3.26. The van der Waals surface area contributed by atoms with Crippen molar-refractivity contribution in [1.29, 1.82) is 0 Å². The highest BCUT2D eigenvalue weighted by atomic mass is 79.9. The molecule has 3 aromatic rings. The highest BCUT2D eigenvalue weighted by Gasteiger charge is 2.48. The zero-order valence-electron chi connectivity index (χ0n) is 16.4.